The van der Waals surface area contributed by atoms with Crippen molar-refractivity contribution in [3.05, 3.63) is 34.4 Å². The Morgan fingerprint density at radius 3 is 3.06 bits per heavy atom. The van der Waals surface area contributed by atoms with Crippen LogP contribution in [0.15, 0.2) is 28.7 Å². The smallest absolute Gasteiger partial charge is 0.326 e. The second kappa shape index (κ2) is 3.88. The zero-order chi connectivity index (χ0) is 12.0. The molecular weight excluding hydrogens is 282 g/mol. The summed E-state index contributed by atoms with van der Waals surface area (Å²) in [7, 11) is 0. The van der Waals surface area contributed by atoms with E-state index in [9.17, 15) is 9.90 Å². The average Bonchev–Trinajstić information content (AvgIpc) is 2.69. The first-order chi connectivity index (χ1) is 8.18. The maximum Gasteiger partial charge on any atom is 0.326 e. The molecule has 0 bridgehead atoms. The van der Waals surface area contributed by atoms with Gasteiger partial charge in [-0.1, -0.05) is 22.0 Å². The quantitative estimate of drug-likeness (QED) is 0.876. The topological polar surface area (TPSA) is 42.2 Å². The highest BCUT2D eigenvalue weighted by molar-refractivity contribution is 9.10. The van der Waals surface area contributed by atoms with Crippen molar-refractivity contribution in [3.8, 4) is 0 Å². The molecule has 0 saturated heterocycles. The lowest BCUT2D eigenvalue weighted by Crippen LogP contribution is -2.24. The van der Waals surface area contributed by atoms with Crippen molar-refractivity contribution in [2.24, 2.45) is 0 Å². The molecule has 0 fully saturated rings. The van der Waals surface area contributed by atoms with Crippen molar-refractivity contribution < 1.29 is 9.90 Å². The average molecular weight is 294 g/mol. The molecule has 4 heteroatoms. The summed E-state index contributed by atoms with van der Waals surface area (Å²) in [5.41, 5.74) is 2.15. The number of nitrogens with zero attached hydrogens (tertiary/aromatic N) is 1. The number of aromatic nitrogens is 1. The number of fused-ring (bicyclic) bond motifs is 3. The fourth-order valence-corrected chi connectivity index (χ4v) is 3.14. The van der Waals surface area contributed by atoms with Gasteiger partial charge in [0.2, 0.25) is 0 Å². The van der Waals surface area contributed by atoms with Gasteiger partial charge in [0.15, 0.2) is 0 Å². The second-order valence-corrected chi connectivity index (χ2v) is 5.28. The predicted molar refractivity (Wildman–Crippen MR) is 69.2 cm³/mol. The van der Waals surface area contributed by atoms with Crippen molar-refractivity contribution >= 4 is 32.8 Å². The number of hydrogen-bond donors (Lipinski definition) is 1. The number of halogens is 1. The minimum atomic E-state index is -0.733. The number of aliphatic carboxylic acids is 1. The lowest BCUT2D eigenvalue weighted by Gasteiger charge is -2.23. The maximum atomic E-state index is 11.3. The Balaban J connectivity index is 2.31. The van der Waals surface area contributed by atoms with Gasteiger partial charge in [0, 0.05) is 15.6 Å². The molecule has 88 valence electrons. The first-order valence-corrected chi connectivity index (χ1v) is 6.49. The molecule has 2 aromatic rings. The highest BCUT2D eigenvalue weighted by atomic mass is 79.9. The van der Waals surface area contributed by atoms with Crippen LogP contribution in [0.3, 0.4) is 0 Å². The van der Waals surface area contributed by atoms with Crippen molar-refractivity contribution in [2.75, 3.05) is 0 Å². The van der Waals surface area contributed by atoms with Crippen LogP contribution >= 0.6 is 15.9 Å². The van der Waals surface area contributed by atoms with E-state index in [2.05, 4.69) is 22.0 Å². The molecule has 0 radical (unpaired) electrons. The number of carbonyl (C=O) groups is 1. The van der Waals surface area contributed by atoms with E-state index in [0.29, 0.717) is 0 Å². The first kappa shape index (κ1) is 10.8. The first-order valence-electron chi connectivity index (χ1n) is 5.69. The second-order valence-electron chi connectivity index (χ2n) is 4.42. The van der Waals surface area contributed by atoms with Crippen LogP contribution < -0.4 is 0 Å². The molecule has 1 aliphatic heterocycles. The Bertz CT molecular complexity index is 603. The summed E-state index contributed by atoms with van der Waals surface area (Å²) in [6, 6.07) is 7.63. The van der Waals surface area contributed by atoms with Gasteiger partial charge in [0.1, 0.15) is 6.04 Å². The van der Waals surface area contributed by atoms with Crippen LogP contribution in [0.4, 0.5) is 0 Å². The van der Waals surface area contributed by atoms with E-state index in [1.165, 1.54) is 0 Å². The van der Waals surface area contributed by atoms with Crippen LogP contribution in [-0.2, 0) is 11.2 Å². The van der Waals surface area contributed by atoms with Gasteiger partial charge >= 0.3 is 5.97 Å². The number of rotatable bonds is 1. The van der Waals surface area contributed by atoms with Gasteiger partial charge in [0.25, 0.3) is 0 Å². The van der Waals surface area contributed by atoms with Gasteiger partial charge in [-0.25, -0.2) is 4.79 Å². The summed E-state index contributed by atoms with van der Waals surface area (Å²) in [6.07, 6.45) is 2.63. The summed E-state index contributed by atoms with van der Waals surface area (Å²) in [5.74, 6) is -0.733. The van der Waals surface area contributed by atoms with E-state index < -0.39 is 12.0 Å². The molecule has 1 N–H and O–H groups in total. The van der Waals surface area contributed by atoms with Gasteiger partial charge in [-0.15, -0.1) is 0 Å². The zero-order valence-corrected chi connectivity index (χ0v) is 10.8. The van der Waals surface area contributed by atoms with Gasteiger partial charge in [0.05, 0.1) is 5.52 Å². The number of carboxylic acid groups (broad SMARTS) is 1. The van der Waals surface area contributed by atoms with Gasteiger partial charge in [-0.2, -0.15) is 0 Å². The summed E-state index contributed by atoms with van der Waals surface area (Å²) >= 11 is 3.52. The molecule has 2 heterocycles. The lowest BCUT2D eigenvalue weighted by molar-refractivity contribution is -0.141. The highest BCUT2D eigenvalue weighted by Gasteiger charge is 2.27. The zero-order valence-electron chi connectivity index (χ0n) is 9.19. The maximum absolute atomic E-state index is 11.3. The van der Waals surface area contributed by atoms with Crippen LogP contribution in [0.25, 0.3) is 10.9 Å². The van der Waals surface area contributed by atoms with E-state index in [1.807, 2.05) is 22.8 Å². The van der Waals surface area contributed by atoms with Crippen LogP contribution in [0.2, 0.25) is 0 Å². The van der Waals surface area contributed by atoms with E-state index in [1.54, 1.807) is 0 Å². The molecule has 1 atom stereocenters. The molecule has 1 aromatic heterocycles. The summed E-state index contributed by atoms with van der Waals surface area (Å²) in [5, 5.41) is 10.4. The van der Waals surface area contributed by atoms with Gasteiger partial charge in [-0.05, 0) is 37.5 Å². The normalized spacial score (nSPS) is 19.2. The Hall–Kier alpha value is -1.29. The Kier molecular flexibility index (Phi) is 2.47. The standard InChI is InChI=1S/C13H12BrNO2/c14-10-4-2-5-11-9(10)7-8-3-1-6-12(13(16)17)15(8)11/h2,4-5,7,12H,1,3,6H2,(H,16,17). The number of aryl methyl sites for hydroxylation is 1. The lowest BCUT2D eigenvalue weighted by atomic mass is 10.0. The number of carboxylic acids is 1. The molecule has 1 unspecified atom stereocenters. The van der Waals surface area contributed by atoms with E-state index in [-0.39, 0.29) is 0 Å². The van der Waals surface area contributed by atoms with Crippen LogP contribution in [-0.4, -0.2) is 15.6 Å². The van der Waals surface area contributed by atoms with Gasteiger partial charge < -0.3 is 9.67 Å². The Morgan fingerprint density at radius 1 is 1.47 bits per heavy atom. The molecule has 0 saturated carbocycles. The summed E-state index contributed by atoms with van der Waals surface area (Å²) in [4.78, 5) is 11.3. The summed E-state index contributed by atoms with van der Waals surface area (Å²) < 4.78 is 3.01. The van der Waals surface area contributed by atoms with Crippen molar-refractivity contribution in [1.29, 1.82) is 0 Å². The molecule has 1 aromatic carbocycles. The fraction of sp³-hybridized carbons (Fsp3) is 0.308. The molecule has 0 amide bonds. The Morgan fingerprint density at radius 2 is 2.29 bits per heavy atom. The number of hydrogen-bond acceptors (Lipinski definition) is 1. The highest BCUT2D eigenvalue weighted by Crippen LogP contribution is 2.35. The molecule has 0 aliphatic carbocycles. The third-order valence-corrected chi connectivity index (χ3v) is 4.11. The largest absolute Gasteiger partial charge is 0.480 e. The molecule has 1 aliphatic rings. The molecule has 3 nitrogen and oxygen atoms in total. The molecular formula is C13H12BrNO2. The van der Waals surface area contributed by atoms with Crippen molar-refractivity contribution in [2.45, 2.75) is 25.3 Å². The van der Waals surface area contributed by atoms with Crippen molar-refractivity contribution in [3.63, 3.8) is 0 Å². The van der Waals surface area contributed by atoms with Crippen LogP contribution in [0, 0.1) is 0 Å². The number of benzene rings is 1. The Labute approximate surface area is 107 Å². The van der Waals surface area contributed by atoms with Crippen LogP contribution in [0.5, 0.6) is 0 Å². The fourth-order valence-electron chi connectivity index (χ4n) is 2.67. The van der Waals surface area contributed by atoms with E-state index in [4.69, 9.17) is 0 Å². The predicted octanol–water partition coefficient (Wildman–Crippen LogP) is 3.37. The molecule has 0 spiro atoms. The third kappa shape index (κ3) is 1.59. The van der Waals surface area contributed by atoms with Crippen LogP contribution in [0.1, 0.15) is 24.6 Å². The monoisotopic (exact) mass is 293 g/mol. The minimum Gasteiger partial charge on any atom is -0.480 e. The third-order valence-electron chi connectivity index (χ3n) is 3.42. The van der Waals surface area contributed by atoms with E-state index in [0.717, 1.165) is 40.3 Å². The summed E-state index contributed by atoms with van der Waals surface area (Å²) in [6.45, 7) is 0. The van der Waals surface area contributed by atoms with Gasteiger partial charge in [-0.3, -0.25) is 0 Å². The van der Waals surface area contributed by atoms with E-state index >= 15 is 0 Å². The van der Waals surface area contributed by atoms with Crippen molar-refractivity contribution in [1.82, 2.24) is 4.57 Å². The SMILES string of the molecule is O=C(O)C1CCCc2cc3c(Br)cccc3n21. The minimum absolute atomic E-state index is 0.412. The molecule has 3 rings (SSSR count). The molecule has 17 heavy (non-hydrogen) atoms.